The fraction of sp³-hybridized carbons (Fsp3) is 0.308. The Morgan fingerprint density at radius 2 is 2.22 bits per heavy atom. The number of rotatable bonds is 3. The summed E-state index contributed by atoms with van der Waals surface area (Å²) in [4.78, 5) is 12.1. The van der Waals surface area contributed by atoms with E-state index in [4.69, 9.17) is 0 Å². The number of nitrogens with one attached hydrogen (secondary N) is 1. The molecule has 1 N–H and O–H groups in total. The quantitative estimate of drug-likeness (QED) is 0.765. The highest BCUT2D eigenvalue weighted by molar-refractivity contribution is 5.83. The lowest BCUT2D eigenvalue weighted by atomic mass is 10.2. The van der Waals surface area contributed by atoms with Gasteiger partial charge < -0.3 is 4.98 Å². The molecule has 92 valence electrons. The number of hydrogen-bond donors (Lipinski definition) is 1. The van der Waals surface area contributed by atoms with E-state index in [1.165, 1.54) is 0 Å². The first-order chi connectivity index (χ1) is 8.78. The van der Waals surface area contributed by atoms with Gasteiger partial charge in [-0.2, -0.15) is 5.10 Å². The number of aromatic nitrogens is 5. The maximum absolute atomic E-state index is 4.35. The summed E-state index contributed by atoms with van der Waals surface area (Å²) in [5, 5.41) is 4.18. The molecule has 0 fully saturated rings. The summed E-state index contributed by atoms with van der Waals surface area (Å²) in [5.41, 5.74) is 5.19. The minimum absolute atomic E-state index is 0.964. The molecule has 0 aromatic carbocycles. The Morgan fingerprint density at radius 3 is 2.94 bits per heavy atom. The van der Waals surface area contributed by atoms with Gasteiger partial charge in [0.1, 0.15) is 6.33 Å². The molecule has 0 aliphatic heterocycles. The Labute approximate surface area is 105 Å². The first-order valence-corrected chi connectivity index (χ1v) is 6.09. The SMILES string of the molecule is CCCc1ncnc2cc(-c3cnn(C)c3)[nH]c12. The van der Waals surface area contributed by atoms with Crippen LogP contribution < -0.4 is 0 Å². The first-order valence-electron chi connectivity index (χ1n) is 6.09. The average Bonchev–Trinajstić information content (AvgIpc) is 2.95. The minimum atomic E-state index is 0.964. The molecule has 0 aliphatic carbocycles. The van der Waals surface area contributed by atoms with Crippen LogP contribution in [-0.2, 0) is 13.5 Å². The Morgan fingerprint density at radius 1 is 1.33 bits per heavy atom. The van der Waals surface area contributed by atoms with E-state index >= 15 is 0 Å². The van der Waals surface area contributed by atoms with Crippen molar-refractivity contribution in [2.75, 3.05) is 0 Å². The van der Waals surface area contributed by atoms with E-state index in [1.807, 2.05) is 25.5 Å². The average molecular weight is 241 g/mol. The van der Waals surface area contributed by atoms with Gasteiger partial charge in [-0.15, -0.1) is 0 Å². The van der Waals surface area contributed by atoms with Gasteiger partial charge in [-0.3, -0.25) is 4.68 Å². The lowest BCUT2D eigenvalue weighted by Crippen LogP contribution is -1.91. The molecule has 3 rings (SSSR count). The van der Waals surface area contributed by atoms with E-state index in [1.54, 1.807) is 11.0 Å². The van der Waals surface area contributed by atoms with Gasteiger partial charge in [0.25, 0.3) is 0 Å². The second-order valence-corrected chi connectivity index (χ2v) is 4.42. The van der Waals surface area contributed by atoms with Crippen LogP contribution in [0.2, 0.25) is 0 Å². The molecular formula is C13H15N5. The second kappa shape index (κ2) is 4.25. The van der Waals surface area contributed by atoms with Crippen LogP contribution in [0.3, 0.4) is 0 Å². The summed E-state index contributed by atoms with van der Waals surface area (Å²) in [5.74, 6) is 0. The van der Waals surface area contributed by atoms with Crippen molar-refractivity contribution in [3.8, 4) is 11.3 Å². The van der Waals surface area contributed by atoms with Crippen molar-refractivity contribution in [3.63, 3.8) is 0 Å². The van der Waals surface area contributed by atoms with Crippen LogP contribution in [0, 0.1) is 0 Å². The number of aromatic amines is 1. The molecule has 0 unspecified atom stereocenters. The zero-order valence-electron chi connectivity index (χ0n) is 10.5. The Bertz CT molecular complexity index is 680. The summed E-state index contributed by atoms with van der Waals surface area (Å²) in [7, 11) is 1.91. The van der Waals surface area contributed by atoms with Gasteiger partial charge in [-0.25, -0.2) is 9.97 Å². The van der Waals surface area contributed by atoms with Crippen LogP contribution in [0.4, 0.5) is 0 Å². The molecule has 0 saturated carbocycles. The molecule has 0 bridgehead atoms. The Kier molecular flexibility index (Phi) is 2.59. The van der Waals surface area contributed by atoms with Crippen LogP contribution in [-0.4, -0.2) is 24.7 Å². The molecular weight excluding hydrogens is 226 g/mol. The lowest BCUT2D eigenvalue weighted by Gasteiger charge is -1.98. The summed E-state index contributed by atoms with van der Waals surface area (Å²) < 4.78 is 1.79. The van der Waals surface area contributed by atoms with Gasteiger partial charge in [0, 0.05) is 18.8 Å². The van der Waals surface area contributed by atoms with E-state index in [-0.39, 0.29) is 0 Å². The topological polar surface area (TPSA) is 59.4 Å². The highest BCUT2D eigenvalue weighted by atomic mass is 15.2. The number of hydrogen-bond acceptors (Lipinski definition) is 3. The van der Waals surface area contributed by atoms with E-state index < -0.39 is 0 Å². The van der Waals surface area contributed by atoms with Crippen LogP contribution >= 0.6 is 0 Å². The van der Waals surface area contributed by atoms with E-state index in [0.717, 1.165) is 40.8 Å². The third-order valence-electron chi connectivity index (χ3n) is 3.00. The molecule has 0 radical (unpaired) electrons. The summed E-state index contributed by atoms with van der Waals surface area (Å²) in [6.07, 6.45) is 7.50. The fourth-order valence-electron chi connectivity index (χ4n) is 2.13. The van der Waals surface area contributed by atoms with Gasteiger partial charge in [0.2, 0.25) is 0 Å². The van der Waals surface area contributed by atoms with E-state index in [9.17, 15) is 0 Å². The molecule has 0 spiro atoms. The Balaban J connectivity index is 2.13. The van der Waals surface area contributed by atoms with Crippen molar-refractivity contribution in [2.45, 2.75) is 19.8 Å². The number of nitrogens with zero attached hydrogens (tertiary/aromatic N) is 4. The van der Waals surface area contributed by atoms with Crippen molar-refractivity contribution >= 4 is 11.0 Å². The van der Waals surface area contributed by atoms with Gasteiger partial charge >= 0.3 is 0 Å². The van der Waals surface area contributed by atoms with Crippen LogP contribution in [0.25, 0.3) is 22.3 Å². The van der Waals surface area contributed by atoms with E-state index in [2.05, 4.69) is 27.0 Å². The van der Waals surface area contributed by atoms with Gasteiger partial charge in [-0.1, -0.05) is 13.3 Å². The van der Waals surface area contributed by atoms with Crippen molar-refractivity contribution in [1.82, 2.24) is 24.7 Å². The Hall–Kier alpha value is -2.17. The maximum Gasteiger partial charge on any atom is 0.116 e. The van der Waals surface area contributed by atoms with Crippen LogP contribution in [0.1, 0.15) is 19.0 Å². The van der Waals surface area contributed by atoms with Crippen molar-refractivity contribution < 1.29 is 0 Å². The van der Waals surface area contributed by atoms with Crippen molar-refractivity contribution in [3.05, 3.63) is 30.5 Å². The van der Waals surface area contributed by atoms with Crippen molar-refractivity contribution in [1.29, 1.82) is 0 Å². The number of fused-ring (bicyclic) bond motifs is 1. The molecule has 0 saturated heterocycles. The van der Waals surface area contributed by atoms with Crippen LogP contribution in [0.5, 0.6) is 0 Å². The smallest absolute Gasteiger partial charge is 0.116 e. The largest absolute Gasteiger partial charge is 0.352 e. The number of aryl methyl sites for hydroxylation is 2. The molecule has 0 atom stereocenters. The van der Waals surface area contributed by atoms with Crippen molar-refractivity contribution in [2.24, 2.45) is 7.05 Å². The zero-order chi connectivity index (χ0) is 12.5. The maximum atomic E-state index is 4.35. The summed E-state index contributed by atoms with van der Waals surface area (Å²) >= 11 is 0. The summed E-state index contributed by atoms with van der Waals surface area (Å²) in [6, 6.07) is 2.05. The predicted octanol–water partition coefficient (Wildman–Crippen LogP) is 2.31. The molecule has 5 heteroatoms. The number of H-pyrrole nitrogens is 1. The normalized spacial score (nSPS) is 11.2. The standard InChI is InChI=1S/C13H15N5/c1-3-4-10-13-12(15-8-14-10)5-11(17-13)9-6-16-18(2)7-9/h5-8,17H,3-4H2,1-2H3. The predicted molar refractivity (Wildman–Crippen MR) is 70.1 cm³/mol. The van der Waals surface area contributed by atoms with Gasteiger partial charge in [0.15, 0.2) is 0 Å². The lowest BCUT2D eigenvalue weighted by molar-refractivity contribution is 0.768. The fourth-order valence-corrected chi connectivity index (χ4v) is 2.13. The minimum Gasteiger partial charge on any atom is -0.352 e. The molecule has 3 aromatic heterocycles. The zero-order valence-corrected chi connectivity index (χ0v) is 10.5. The van der Waals surface area contributed by atoms with Gasteiger partial charge in [0.05, 0.1) is 28.6 Å². The summed E-state index contributed by atoms with van der Waals surface area (Å²) in [6.45, 7) is 2.15. The molecule has 18 heavy (non-hydrogen) atoms. The van der Waals surface area contributed by atoms with Gasteiger partial charge in [-0.05, 0) is 12.5 Å². The first kappa shape index (κ1) is 11.0. The molecule has 5 nitrogen and oxygen atoms in total. The molecule has 0 amide bonds. The van der Waals surface area contributed by atoms with E-state index in [0.29, 0.717) is 0 Å². The third-order valence-corrected chi connectivity index (χ3v) is 3.00. The highest BCUT2D eigenvalue weighted by Crippen LogP contribution is 2.23. The molecule has 0 aliphatic rings. The second-order valence-electron chi connectivity index (χ2n) is 4.42. The highest BCUT2D eigenvalue weighted by Gasteiger charge is 2.09. The third kappa shape index (κ3) is 1.77. The monoisotopic (exact) mass is 241 g/mol. The molecule has 3 heterocycles. The molecule has 3 aromatic rings. The van der Waals surface area contributed by atoms with Crippen LogP contribution in [0.15, 0.2) is 24.8 Å².